The Morgan fingerprint density at radius 1 is 1.18 bits per heavy atom. The molecule has 3 atom stereocenters. The van der Waals surface area contributed by atoms with Crippen molar-refractivity contribution in [2.45, 2.75) is 93.2 Å². The molecule has 1 aromatic carbocycles. The van der Waals surface area contributed by atoms with Gasteiger partial charge in [-0.15, -0.1) is 0 Å². The minimum atomic E-state index is -3.35. The second-order valence-corrected chi connectivity index (χ2v) is 14.9. The molecule has 7 rings (SSSR count). The van der Waals surface area contributed by atoms with Crippen molar-refractivity contribution in [3.63, 3.8) is 0 Å². The zero-order valence-electron chi connectivity index (χ0n) is 25.9. The van der Waals surface area contributed by atoms with Crippen molar-refractivity contribution >= 4 is 35.1 Å². The fourth-order valence-electron chi connectivity index (χ4n) is 7.09. The van der Waals surface area contributed by atoms with E-state index in [1.54, 1.807) is 6.07 Å². The highest BCUT2D eigenvalue weighted by molar-refractivity contribution is 7.90. The van der Waals surface area contributed by atoms with Crippen LogP contribution in [-0.2, 0) is 21.1 Å². The van der Waals surface area contributed by atoms with Crippen LogP contribution in [0.1, 0.15) is 57.6 Å². The van der Waals surface area contributed by atoms with E-state index in [0.29, 0.717) is 41.4 Å². The van der Waals surface area contributed by atoms with Gasteiger partial charge in [-0.05, 0) is 69.6 Å². The van der Waals surface area contributed by atoms with Gasteiger partial charge < -0.3 is 24.7 Å². The van der Waals surface area contributed by atoms with Crippen LogP contribution in [0.15, 0.2) is 29.2 Å². The van der Waals surface area contributed by atoms with Crippen molar-refractivity contribution in [2.75, 3.05) is 38.3 Å². The van der Waals surface area contributed by atoms with Crippen LogP contribution in [0, 0.1) is 11.8 Å². The Balaban J connectivity index is 1.18. The number of hydrogen-bond acceptors (Lipinski definition) is 7. The van der Waals surface area contributed by atoms with Crippen molar-refractivity contribution in [1.29, 1.82) is 0 Å². The van der Waals surface area contributed by atoms with Crippen LogP contribution in [0.3, 0.4) is 0 Å². The number of halogens is 1. The molecule has 2 aliphatic carbocycles. The minimum Gasteiger partial charge on any atom is -0.495 e. The molecule has 1 aromatic heterocycles. The fraction of sp³-hybridized carbons (Fsp3) is 0.576. The summed E-state index contributed by atoms with van der Waals surface area (Å²) >= 11 is 0. The lowest BCUT2D eigenvalue weighted by atomic mass is 9.85. The molecule has 11 heteroatoms. The van der Waals surface area contributed by atoms with Crippen LogP contribution in [0.5, 0.6) is 5.75 Å². The van der Waals surface area contributed by atoms with Crippen LogP contribution in [0.25, 0.3) is 11.8 Å². The van der Waals surface area contributed by atoms with Gasteiger partial charge in [0.15, 0.2) is 9.84 Å². The Labute approximate surface area is 261 Å². The molecule has 0 spiro atoms. The first-order chi connectivity index (χ1) is 21.0. The van der Waals surface area contributed by atoms with E-state index >= 15 is 0 Å². The first kappa shape index (κ1) is 31.1. The number of alkyl halides is 1. The Kier molecular flexibility index (Phi) is 8.79. The van der Waals surface area contributed by atoms with Crippen LogP contribution < -0.4 is 25.9 Å². The summed E-state index contributed by atoms with van der Waals surface area (Å²) in [5.74, 6) is 6.79. The predicted molar refractivity (Wildman–Crippen MR) is 172 cm³/mol. The van der Waals surface area contributed by atoms with Gasteiger partial charge in [0.1, 0.15) is 13.6 Å². The van der Waals surface area contributed by atoms with E-state index in [1.807, 2.05) is 4.57 Å². The molecule has 44 heavy (non-hydrogen) atoms. The third-order valence-corrected chi connectivity index (χ3v) is 10.3. The van der Waals surface area contributed by atoms with Crippen molar-refractivity contribution < 1.29 is 22.3 Å². The van der Waals surface area contributed by atoms with E-state index in [1.165, 1.54) is 51.1 Å². The van der Waals surface area contributed by atoms with Gasteiger partial charge in [0.2, 0.25) is 0 Å². The monoisotopic (exact) mass is 620 g/mol. The maximum absolute atomic E-state index is 14.8. The lowest BCUT2D eigenvalue weighted by Gasteiger charge is -2.50. The van der Waals surface area contributed by atoms with Crippen LogP contribution in [-0.4, -0.2) is 88.6 Å². The quantitative estimate of drug-likeness (QED) is 0.329. The SMILES string of the molecule is [B]C(C)(F)Cn1c(C#CCNc2ccc(S(C)(=O)=O)cc2OC)cc2c1=CCCC=2NC1CCC(N2CC3CC(C2)O3)CC1. The number of nitrogens with one attached hydrogen (secondary N) is 2. The summed E-state index contributed by atoms with van der Waals surface area (Å²) in [6, 6.07) is 7.83. The smallest absolute Gasteiger partial charge is 0.175 e. The average molecular weight is 621 g/mol. The van der Waals surface area contributed by atoms with E-state index in [2.05, 4.69) is 39.5 Å². The first-order valence-electron chi connectivity index (χ1n) is 15.6. The molecule has 2 aromatic rings. The molecule has 2 N–H and O–H groups in total. The number of morpholine rings is 1. The standard InChI is InChI=1S/C33H42BFN4O4S/c1-33(34,35)21-39-24(6-5-15-36-30-14-13-27(44(3,40)41)18-32(30)42-2)16-28-29(7-4-8-31(28)39)37-22-9-11-23(12-10-22)38-19-25-17-26(20-38)43-25/h8,13-14,16,18,22-23,25-26,36-37H,4,7,9-12,15,17,19-21H2,1-3H3. The van der Waals surface area contributed by atoms with Gasteiger partial charge in [-0.1, -0.05) is 12.0 Å². The molecule has 3 saturated heterocycles. The third-order valence-electron chi connectivity index (χ3n) is 9.23. The number of nitrogens with zero attached hydrogens (tertiary/aromatic N) is 2. The molecule has 2 bridgehead atoms. The highest BCUT2D eigenvalue weighted by Crippen LogP contribution is 2.33. The average Bonchev–Trinajstić information content (AvgIpc) is 3.31. The molecule has 234 valence electrons. The number of methoxy groups -OCH3 is 1. The lowest BCUT2D eigenvalue weighted by Crippen LogP contribution is -2.60. The predicted octanol–water partition coefficient (Wildman–Crippen LogP) is 2.27. The maximum Gasteiger partial charge on any atom is 0.175 e. The number of benzene rings is 1. The number of anilines is 1. The molecular formula is C33H42BFN4O4S. The van der Waals surface area contributed by atoms with Gasteiger partial charge >= 0.3 is 0 Å². The highest BCUT2D eigenvalue weighted by Gasteiger charge is 2.41. The lowest BCUT2D eigenvalue weighted by molar-refractivity contribution is -0.189. The molecule has 4 heterocycles. The molecule has 3 aliphatic heterocycles. The molecule has 1 saturated carbocycles. The van der Waals surface area contributed by atoms with E-state index in [0.717, 1.165) is 55.6 Å². The summed E-state index contributed by atoms with van der Waals surface area (Å²) in [5, 5.41) is 9.11. The molecule has 4 fully saturated rings. The summed E-state index contributed by atoms with van der Waals surface area (Å²) in [6.45, 7) is 3.83. The van der Waals surface area contributed by atoms with Crippen molar-refractivity contribution in [3.8, 4) is 17.6 Å². The third kappa shape index (κ3) is 6.98. The van der Waals surface area contributed by atoms with E-state index in [-0.39, 0.29) is 18.0 Å². The Bertz CT molecular complexity index is 1670. The molecular weight excluding hydrogens is 578 g/mol. The molecule has 8 nitrogen and oxygen atoms in total. The normalized spacial score (nSPS) is 26.2. The van der Waals surface area contributed by atoms with Gasteiger partial charge in [0.25, 0.3) is 0 Å². The number of hydrogen-bond donors (Lipinski definition) is 2. The summed E-state index contributed by atoms with van der Waals surface area (Å²) in [5.41, 5.74) is 0.646. The molecule has 3 unspecified atom stereocenters. The van der Waals surface area contributed by atoms with Gasteiger partial charge in [-0.3, -0.25) is 9.29 Å². The summed E-state index contributed by atoms with van der Waals surface area (Å²) in [4.78, 5) is 2.84. The van der Waals surface area contributed by atoms with Crippen LogP contribution in [0.4, 0.5) is 10.1 Å². The molecule has 0 amide bonds. The minimum absolute atomic E-state index is 0.00300. The zero-order chi connectivity index (χ0) is 31.1. The van der Waals surface area contributed by atoms with Gasteiger partial charge in [-0.2, -0.15) is 0 Å². The summed E-state index contributed by atoms with van der Waals surface area (Å²) in [6.07, 6.45) is 11.9. The fourth-order valence-corrected chi connectivity index (χ4v) is 7.72. The van der Waals surface area contributed by atoms with Gasteiger partial charge in [-0.25, -0.2) is 8.42 Å². The van der Waals surface area contributed by atoms with E-state index in [9.17, 15) is 12.8 Å². The van der Waals surface area contributed by atoms with Crippen LogP contribution >= 0.6 is 0 Å². The Hall–Kier alpha value is -2.94. The summed E-state index contributed by atoms with van der Waals surface area (Å²) in [7, 11) is 3.99. The first-order valence-corrected chi connectivity index (χ1v) is 17.5. The highest BCUT2D eigenvalue weighted by atomic mass is 32.2. The topological polar surface area (TPSA) is 84.8 Å². The van der Waals surface area contributed by atoms with E-state index < -0.39 is 15.4 Å². The Morgan fingerprint density at radius 2 is 1.91 bits per heavy atom. The Morgan fingerprint density at radius 3 is 2.57 bits per heavy atom. The number of rotatable bonds is 9. The zero-order valence-corrected chi connectivity index (χ0v) is 26.7. The van der Waals surface area contributed by atoms with Crippen molar-refractivity contribution in [2.24, 2.45) is 0 Å². The van der Waals surface area contributed by atoms with E-state index in [4.69, 9.17) is 17.3 Å². The number of aromatic nitrogens is 1. The summed E-state index contributed by atoms with van der Waals surface area (Å²) < 4.78 is 51.7. The number of fused-ring (bicyclic) bond motifs is 3. The van der Waals surface area contributed by atoms with Crippen molar-refractivity contribution in [1.82, 2.24) is 14.8 Å². The second-order valence-electron chi connectivity index (χ2n) is 12.9. The number of ether oxygens (including phenoxy) is 2. The molecule has 2 radical (unpaired) electrons. The maximum atomic E-state index is 14.8. The number of piperidine rings is 1. The second kappa shape index (κ2) is 12.5. The van der Waals surface area contributed by atoms with Crippen molar-refractivity contribution in [3.05, 3.63) is 40.5 Å². The largest absolute Gasteiger partial charge is 0.495 e. The van der Waals surface area contributed by atoms with Crippen LogP contribution in [0.2, 0.25) is 0 Å². The molecule has 5 aliphatic rings. The van der Waals surface area contributed by atoms with Gasteiger partial charge in [0.05, 0.1) is 47.7 Å². The number of sulfone groups is 1. The van der Waals surface area contributed by atoms with Gasteiger partial charge in [0, 0.05) is 66.7 Å².